The van der Waals surface area contributed by atoms with Crippen LogP contribution in [0, 0.1) is 5.92 Å². The van der Waals surface area contributed by atoms with Crippen LogP contribution in [0.15, 0.2) is 24.3 Å². The van der Waals surface area contributed by atoms with Gasteiger partial charge in [0, 0.05) is 24.4 Å². The number of rotatable bonds is 3. The summed E-state index contributed by atoms with van der Waals surface area (Å²) >= 11 is 0. The van der Waals surface area contributed by atoms with Crippen LogP contribution in [0.4, 0.5) is 0 Å². The molecule has 2 heterocycles. The fourth-order valence-electron chi connectivity index (χ4n) is 3.76. The van der Waals surface area contributed by atoms with Gasteiger partial charge in [0.05, 0.1) is 7.11 Å². The fourth-order valence-corrected chi connectivity index (χ4v) is 3.76. The Morgan fingerprint density at radius 1 is 1.23 bits per heavy atom. The summed E-state index contributed by atoms with van der Waals surface area (Å²) in [6.45, 7) is 4.99. The summed E-state index contributed by atoms with van der Waals surface area (Å²) in [7, 11) is 1.69. The van der Waals surface area contributed by atoms with E-state index in [1.807, 2.05) is 12.1 Å². The molecule has 4 heteroatoms. The van der Waals surface area contributed by atoms with Crippen molar-refractivity contribution < 1.29 is 9.53 Å². The Morgan fingerprint density at radius 3 is 2.55 bits per heavy atom. The maximum Gasteiger partial charge on any atom is 0.226 e. The summed E-state index contributed by atoms with van der Waals surface area (Å²) in [4.78, 5) is 14.9. The average molecular weight is 302 g/mol. The van der Waals surface area contributed by atoms with Crippen LogP contribution in [0.25, 0.3) is 0 Å². The van der Waals surface area contributed by atoms with Gasteiger partial charge in [0.1, 0.15) is 5.75 Å². The van der Waals surface area contributed by atoms with Gasteiger partial charge in [-0.1, -0.05) is 12.1 Å². The molecular weight excluding hydrogens is 276 g/mol. The van der Waals surface area contributed by atoms with E-state index in [9.17, 15) is 4.79 Å². The van der Waals surface area contributed by atoms with Crippen molar-refractivity contribution in [2.75, 3.05) is 26.7 Å². The number of benzene rings is 1. The second-order valence-electron chi connectivity index (χ2n) is 6.57. The molecule has 2 atom stereocenters. The minimum Gasteiger partial charge on any atom is -0.497 e. The van der Waals surface area contributed by atoms with Crippen LogP contribution >= 0.6 is 0 Å². The van der Waals surface area contributed by atoms with Gasteiger partial charge in [-0.25, -0.2) is 0 Å². The summed E-state index contributed by atoms with van der Waals surface area (Å²) in [5, 5.41) is 3.33. The number of carbonyl (C=O) groups excluding carboxylic acids is 1. The van der Waals surface area contributed by atoms with E-state index in [1.54, 1.807) is 7.11 Å². The Bertz CT molecular complexity index is 508. The van der Waals surface area contributed by atoms with Crippen molar-refractivity contribution in [3.8, 4) is 5.75 Å². The molecule has 120 valence electrons. The van der Waals surface area contributed by atoms with E-state index in [0.29, 0.717) is 17.9 Å². The highest BCUT2D eigenvalue weighted by Crippen LogP contribution is 2.34. The first-order chi connectivity index (χ1) is 10.7. The minimum atomic E-state index is 0.221. The standard InChI is InChI=1S/C18H26N2O2/c1-13-11-16(14-3-5-17(22-2)6-4-14)12-20(13)18(21)15-7-9-19-10-8-15/h3-6,13,15-16,19H,7-12H2,1-2H3/t13-,16-/m1/s1. The van der Waals surface area contributed by atoms with Crippen molar-refractivity contribution in [2.45, 2.75) is 38.1 Å². The van der Waals surface area contributed by atoms with Crippen molar-refractivity contribution >= 4 is 5.91 Å². The molecule has 3 rings (SSSR count). The van der Waals surface area contributed by atoms with Gasteiger partial charge in [-0.05, 0) is 57.0 Å². The van der Waals surface area contributed by atoms with Gasteiger partial charge in [0.2, 0.25) is 5.91 Å². The van der Waals surface area contributed by atoms with Gasteiger partial charge in [0.25, 0.3) is 0 Å². The topological polar surface area (TPSA) is 41.6 Å². The Hall–Kier alpha value is -1.55. The quantitative estimate of drug-likeness (QED) is 0.932. The van der Waals surface area contributed by atoms with Gasteiger partial charge in [0.15, 0.2) is 0 Å². The summed E-state index contributed by atoms with van der Waals surface area (Å²) in [6, 6.07) is 8.63. The number of amides is 1. The zero-order valence-electron chi connectivity index (χ0n) is 13.5. The number of methoxy groups -OCH3 is 1. The molecule has 1 aromatic carbocycles. The van der Waals surface area contributed by atoms with E-state index < -0.39 is 0 Å². The number of hydrogen-bond acceptors (Lipinski definition) is 3. The van der Waals surface area contributed by atoms with Gasteiger partial charge >= 0.3 is 0 Å². The van der Waals surface area contributed by atoms with Gasteiger partial charge in [-0.2, -0.15) is 0 Å². The van der Waals surface area contributed by atoms with Crippen LogP contribution in [-0.4, -0.2) is 43.6 Å². The first kappa shape index (κ1) is 15.3. The predicted octanol–water partition coefficient (Wildman–Crippen LogP) is 2.40. The molecule has 0 saturated carbocycles. The van der Waals surface area contributed by atoms with Crippen LogP contribution in [0.5, 0.6) is 5.75 Å². The van der Waals surface area contributed by atoms with Crippen LogP contribution in [-0.2, 0) is 4.79 Å². The lowest BCUT2D eigenvalue weighted by atomic mass is 9.96. The van der Waals surface area contributed by atoms with Crippen LogP contribution in [0.2, 0.25) is 0 Å². The maximum absolute atomic E-state index is 12.8. The van der Waals surface area contributed by atoms with E-state index in [-0.39, 0.29) is 5.92 Å². The zero-order valence-corrected chi connectivity index (χ0v) is 13.5. The number of nitrogens with zero attached hydrogens (tertiary/aromatic N) is 1. The fraction of sp³-hybridized carbons (Fsp3) is 0.611. The molecular formula is C18H26N2O2. The molecule has 0 aliphatic carbocycles. The van der Waals surface area contributed by atoms with Gasteiger partial charge in [-0.15, -0.1) is 0 Å². The molecule has 0 bridgehead atoms. The number of hydrogen-bond donors (Lipinski definition) is 1. The van der Waals surface area contributed by atoms with E-state index in [1.165, 1.54) is 5.56 Å². The lowest BCUT2D eigenvalue weighted by molar-refractivity contribution is -0.136. The highest BCUT2D eigenvalue weighted by molar-refractivity contribution is 5.79. The summed E-state index contributed by atoms with van der Waals surface area (Å²) in [6.07, 6.45) is 3.02. The average Bonchev–Trinajstić information content (AvgIpc) is 2.97. The second-order valence-corrected chi connectivity index (χ2v) is 6.57. The highest BCUT2D eigenvalue weighted by atomic mass is 16.5. The van der Waals surface area contributed by atoms with E-state index >= 15 is 0 Å². The molecule has 4 nitrogen and oxygen atoms in total. The Morgan fingerprint density at radius 2 is 1.91 bits per heavy atom. The van der Waals surface area contributed by atoms with Crippen molar-refractivity contribution in [1.29, 1.82) is 0 Å². The molecule has 0 unspecified atom stereocenters. The first-order valence-electron chi connectivity index (χ1n) is 8.34. The number of carbonyl (C=O) groups is 1. The minimum absolute atomic E-state index is 0.221. The number of piperidine rings is 1. The summed E-state index contributed by atoms with van der Waals surface area (Å²) in [5.74, 6) is 1.92. The smallest absolute Gasteiger partial charge is 0.226 e. The predicted molar refractivity (Wildman–Crippen MR) is 87.1 cm³/mol. The Labute approximate surface area is 132 Å². The summed E-state index contributed by atoms with van der Waals surface area (Å²) < 4.78 is 5.22. The van der Waals surface area contributed by atoms with Crippen LogP contribution in [0.3, 0.4) is 0 Å². The number of likely N-dealkylation sites (tertiary alicyclic amines) is 1. The van der Waals surface area contributed by atoms with Crippen LogP contribution in [0.1, 0.15) is 37.7 Å². The SMILES string of the molecule is COc1ccc([C@@H]2C[C@@H](C)N(C(=O)C3CCNCC3)C2)cc1. The molecule has 22 heavy (non-hydrogen) atoms. The first-order valence-corrected chi connectivity index (χ1v) is 8.34. The molecule has 2 fully saturated rings. The van der Waals surface area contributed by atoms with Gasteiger partial charge < -0.3 is 15.0 Å². The van der Waals surface area contributed by atoms with Crippen molar-refractivity contribution in [3.05, 3.63) is 29.8 Å². The third kappa shape index (κ3) is 3.12. The molecule has 1 amide bonds. The molecule has 1 N–H and O–H groups in total. The van der Waals surface area contributed by atoms with Crippen molar-refractivity contribution in [3.63, 3.8) is 0 Å². The highest BCUT2D eigenvalue weighted by Gasteiger charge is 2.36. The second kappa shape index (κ2) is 6.69. The largest absolute Gasteiger partial charge is 0.497 e. The third-order valence-electron chi connectivity index (χ3n) is 5.13. The summed E-state index contributed by atoms with van der Waals surface area (Å²) in [5.41, 5.74) is 1.31. The lowest BCUT2D eigenvalue weighted by Gasteiger charge is -2.29. The molecule has 0 aromatic heterocycles. The maximum atomic E-state index is 12.8. The lowest BCUT2D eigenvalue weighted by Crippen LogP contribution is -2.42. The third-order valence-corrected chi connectivity index (χ3v) is 5.13. The molecule has 2 aliphatic heterocycles. The molecule has 0 radical (unpaired) electrons. The van der Waals surface area contributed by atoms with Crippen LogP contribution < -0.4 is 10.1 Å². The number of nitrogens with one attached hydrogen (secondary N) is 1. The Kier molecular flexibility index (Phi) is 4.67. The molecule has 2 saturated heterocycles. The molecule has 1 aromatic rings. The van der Waals surface area contributed by atoms with E-state index in [4.69, 9.17) is 4.74 Å². The zero-order chi connectivity index (χ0) is 15.5. The number of ether oxygens (including phenoxy) is 1. The molecule has 0 spiro atoms. The van der Waals surface area contributed by atoms with Crippen molar-refractivity contribution in [2.24, 2.45) is 5.92 Å². The monoisotopic (exact) mass is 302 g/mol. The van der Waals surface area contributed by atoms with Crippen molar-refractivity contribution in [1.82, 2.24) is 10.2 Å². The molecule has 2 aliphatic rings. The Balaban J connectivity index is 1.66. The normalized spacial score (nSPS) is 26.2. The van der Waals surface area contributed by atoms with E-state index in [2.05, 4.69) is 29.3 Å². The van der Waals surface area contributed by atoms with E-state index in [0.717, 1.165) is 44.6 Å². The van der Waals surface area contributed by atoms with Gasteiger partial charge in [-0.3, -0.25) is 4.79 Å².